The Kier molecular flexibility index (Phi) is 17.9. The summed E-state index contributed by atoms with van der Waals surface area (Å²) in [6.07, 6.45) is -19.2. The lowest BCUT2D eigenvalue weighted by Gasteiger charge is -2.33. The largest absolute Gasteiger partial charge is 0.480 e. The molecule has 0 spiro atoms. The first-order chi connectivity index (χ1) is 36.1. The van der Waals surface area contributed by atoms with Crippen LogP contribution in [0.25, 0.3) is 11.4 Å². The molecule has 8 N–H and O–H groups in total. The fourth-order valence-electron chi connectivity index (χ4n) is 7.42. The van der Waals surface area contributed by atoms with Crippen LogP contribution in [0.3, 0.4) is 0 Å². The van der Waals surface area contributed by atoms with Gasteiger partial charge in [0, 0.05) is 28.7 Å². The number of Topliss-reactive ketones (excluding diaryl/α,β-unsaturated/α-hetero) is 1. The number of halogens is 19. The number of ketones is 1. The van der Waals surface area contributed by atoms with Crippen molar-refractivity contribution >= 4 is 82.3 Å². The normalized spacial score (nSPS) is 15.5. The summed E-state index contributed by atoms with van der Waals surface area (Å²) in [5, 5.41) is 38.0. The van der Waals surface area contributed by atoms with E-state index in [-0.39, 0.29) is 62.3 Å². The van der Waals surface area contributed by atoms with Gasteiger partial charge in [0.1, 0.15) is 51.3 Å². The van der Waals surface area contributed by atoms with Crippen LogP contribution in [0.15, 0.2) is 49.8 Å². The Morgan fingerprint density at radius 3 is 1.32 bits per heavy atom. The molecule has 0 unspecified atom stereocenters. The van der Waals surface area contributed by atoms with E-state index in [4.69, 9.17) is 16.6 Å². The molecule has 0 atom stereocenters. The van der Waals surface area contributed by atoms with E-state index >= 15 is 0 Å². The van der Waals surface area contributed by atoms with E-state index < -0.39 is 113 Å². The number of nitrogens with zero attached hydrogens (tertiary/aromatic N) is 8. The zero-order chi connectivity index (χ0) is 61.2. The summed E-state index contributed by atoms with van der Waals surface area (Å²) < 4.78 is 208. The van der Waals surface area contributed by atoms with Crippen LogP contribution in [-0.2, 0) is 51.8 Å². The van der Waals surface area contributed by atoms with Crippen LogP contribution in [0, 0.1) is 23.3 Å². The highest BCUT2D eigenvalue weighted by molar-refractivity contribution is 9.11. The number of carbonyl (C=O) groups excluding carboxylic acids is 1. The molecule has 0 bridgehead atoms. The van der Waals surface area contributed by atoms with Gasteiger partial charge in [-0.25, -0.2) is 17.6 Å². The molecule has 0 saturated carbocycles. The van der Waals surface area contributed by atoms with Crippen LogP contribution in [0.1, 0.15) is 94.9 Å². The minimum Gasteiger partial charge on any atom is -0.480 e. The van der Waals surface area contributed by atoms with Crippen LogP contribution >= 0.6 is 47.8 Å². The number of nitrogen functional groups attached to an aromatic ring is 1. The standard InChI is InChI=1S/C12H11F4NO.2C11H8BrF4N5.C7H4BrF4N.C4H9NO2/c1-11(2)10(18)5-7-8(12(14,15)16)3-6(13)4-9(7)17-11;2*1-10(2)9-18-19-20-21(9)8-5(17-10)3-4(13)7(12)6(8)11(14,15)16;8-5-2-3(9)1-4(6(5)13)7(10,11)12;1-4(2,5)3(6)7/h3-4,17H,5H2,1-2H3;2*3,17H,1-2H3;1-2H,13H2;5H2,1-2H3,(H,6,7). The maximum absolute atomic E-state index is 13.8. The van der Waals surface area contributed by atoms with Gasteiger partial charge in [-0.3, -0.25) is 9.59 Å². The lowest BCUT2D eigenvalue weighted by molar-refractivity contribution is -0.142. The van der Waals surface area contributed by atoms with Crippen LogP contribution in [0.4, 0.5) is 93.0 Å². The van der Waals surface area contributed by atoms with Crippen molar-refractivity contribution in [1.29, 1.82) is 0 Å². The van der Waals surface area contributed by atoms with Crippen molar-refractivity contribution in [2.45, 2.75) is 109 Å². The third kappa shape index (κ3) is 13.9. The van der Waals surface area contributed by atoms with Crippen molar-refractivity contribution in [3.05, 3.63) is 113 Å². The van der Waals surface area contributed by atoms with Gasteiger partial charge in [-0.15, -0.1) is 10.2 Å². The van der Waals surface area contributed by atoms with Crippen LogP contribution in [-0.4, -0.2) is 68.4 Å². The molecule has 80 heavy (non-hydrogen) atoms. The molecule has 3 aliphatic heterocycles. The predicted molar refractivity (Wildman–Crippen MR) is 264 cm³/mol. The number of carboxylic acid groups (broad SMARTS) is 1. The Morgan fingerprint density at radius 1 is 0.600 bits per heavy atom. The van der Waals surface area contributed by atoms with Crippen molar-refractivity contribution in [1.82, 2.24) is 40.4 Å². The summed E-state index contributed by atoms with van der Waals surface area (Å²) in [6, 6.07) is 4.62. The fraction of sp³-hybridized carbons (Fsp3) is 0.378. The highest BCUT2D eigenvalue weighted by atomic mass is 79.9. The van der Waals surface area contributed by atoms with Gasteiger partial charge in [0.15, 0.2) is 17.4 Å². The van der Waals surface area contributed by atoms with Crippen LogP contribution < -0.4 is 27.4 Å². The quantitative estimate of drug-likeness (QED) is 0.0665. The SMILES string of the molecule is CC(C)(N)C(=O)O.CC1(C)Nc2cc(F)c(Br)c(C(F)(F)F)c2-n2nnnc21.CC1(C)Nc2cc(F)c(Br)c(C(F)(F)F)c2-n2nnnc21.CC1(C)Nc2cc(F)cc(C(F)(F)F)c2CC1=O.Nc1c(Br)cc(F)cc1C(F)(F)F. The Balaban J connectivity index is 0.000000191. The number of anilines is 4. The number of carboxylic acids is 1. The van der Waals surface area contributed by atoms with E-state index in [1.807, 2.05) is 0 Å². The number of hydrogen-bond donors (Lipinski definition) is 6. The topological polar surface area (TPSA) is 230 Å². The second-order valence-corrected chi connectivity index (χ2v) is 21.9. The number of tetrazole rings is 2. The van der Waals surface area contributed by atoms with Gasteiger partial charge < -0.3 is 32.5 Å². The van der Waals surface area contributed by atoms with E-state index in [0.717, 1.165) is 33.6 Å². The van der Waals surface area contributed by atoms with Gasteiger partial charge in [0.2, 0.25) is 0 Å². The Morgan fingerprint density at radius 2 is 0.963 bits per heavy atom. The van der Waals surface area contributed by atoms with Crippen molar-refractivity contribution in [2.75, 3.05) is 21.7 Å². The molecule has 35 heteroatoms. The Labute approximate surface area is 465 Å². The second kappa shape index (κ2) is 22.2. The third-order valence-corrected chi connectivity index (χ3v) is 13.5. The van der Waals surface area contributed by atoms with Crippen molar-refractivity contribution in [3.63, 3.8) is 0 Å². The molecular weight excluding hydrogens is 1310 g/mol. The van der Waals surface area contributed by atoms with E-state index in [0.29, 0.717) is 12.1 Å². The first-order valence-corrected chi connectivity index (χ1v) is 24.4. The number of nitrogens with two attached hydrogens (primary N) is 2. The number of hydrogen-bond acceptors (Lipinski definition) is 13. The van der Waals surface area contributed by atoms with Crippen molar-refractivity contribution in [2.24, 2.45) is 5.73 Å². The monoisotopic (exact) mass is 1350 g/mol. The minimum atomic E-state index is -4.77. The second-order valence-electron chi connectivity index (χ2n) is 19.4. The summed E-state index contributed by atoms with van der Waals surface area (Å²) in [5.41, 5.74) is 0.529. The Hall–Kier alpha value is -6.36. The summed E-state index contributed by atoms with van der Waals surface area (Å²) >= 11 is 8.04. The summed E-state index contributed by atoms with van der Waals surface area (Å²) in [4.78, 5) is 21.6. The molecule has 4 aromatic carbocycles. The van der Waals surface area contributed by atoms with E-state index in [2.05, 4.69) is 94.8 Å². The van der Waals surface area contributed by atoms with E-state index in [1.54, 1.807) is 41.5 Å². The number of alkyl halides is 12. The van der Waals surface area contributed by atoms with Gasteiger partial charge in [-0.1, -0.05) is 0 Å². The zero-order valence-electron chi connectivity index (χ0n) is 41.8. The average Bonchev–Trinajstić information content (AvgIpc) is 3.99. The molecule has 0 radical (unpaired) electrons. The number of fused-ring (bicyclic) bond motifs is 7. The first-order valence-electron chi connectivity index (χ1n) is 22.0. The summed E-state index contributed by atoms with van der Waals surface area (Å²) in [6.45, 7) is 12.7. The zero-order valence-corrected chi connectivity index (χ0v) is 46.6. The molecule has 0 fully saturated rings. The molecule has 436 valence electrons. The number of aromatic nitrogens is 8. The van der Waals surface area contributed by atoms with Gasteiger partial charge in [0.25, 0.3) is 0 Å². The van der Waals surface area contributed by atoms with Gasteiger partial charge in [-0.2, -0.15) is 62.0 Å². The van der Waals surface area contributed by atoms with E-state index in [1.165, 1.54) is 13.8 Å². The molecule has 0 saturated heterocycles. The van der Waals surface area contributed by atoms with E-state index in [9.17, 15) is 79.8 Å². The molecule has 16 nitrogen and oxygen atoms in total. The van der Waals surface area contributed by atoms with Gasteiger partial charge in [0.05, 0.1) is 53.8 Å². The van der Waals surface area contributed by atoms with Crippen molar-refractivity contribution in [3.8, 4) is 11.4 Å². The number of carbonyl (C=O) groups is 2. The maximum Gasteiger partial charge on any atom is 0.419 e. The Bertz CT molecular complexity index is 3240. The smallest absolute Gasteiger partial charge is 0.419 e. The lowest BCUT2D eigenvalue weighted by Crippen LogP contribution is -2.45. The maximum atomic E-state index is 13.8. The molecule has 2 aromatic heterocycles. The lowest BCUT2D eigenvalue weighted by atomic mass is 9.86. The van der Waals surface area contributed by atoms with Crippen LogP contribution in [0.2, 0.25) is 0 Å². The average molecular weight is 1350 g/mol. The number of benzene rings is 4. The number of aliphatic carboxylic acids is 1. The summed E-state index contributed by atoms with van der Waals surface area (Å²) in [5.74, 6) is -4.90. The van der Waals surface area contributed by atoms with Gasteiger partial charge in [-0.05, 0) is 154 Å². The molecule has 5 heterocycles. The first kappa shape index (κ1) is 64.5. The molecular formula is C45H40Br3F16N13O3. The molecule has 6 aromatic rings. The van der Waals surface area contributed by atoms with Gasteiger partial charge >= 0.3 is 30.7 Å². The highest BCUT2D eigenvalue weighted by Gasteiger charge is 2.47. The third-order valence-electron chi connectivity index (χ3n) is 11.3. The highest BCUT2D eigenvalue weighted by Crippen LogP contribution is 2.49. The molecule has 0 aliphatic carbocycles. The fourth-order valence-corrected chi connectivity index (χ4v) is 8.91. The molecule has 3 aliphatic rings. The molecule has 9 rings (SSSR count). The predicted octanol–water partition coefficient (Wildman–Crippen LogP) is 12.6. The van der Waals surface area contributed by atoms with Crippen molar-refractivity contribution < 1.29 is 84.9 Å². The number of rotatable bonds is 1. The molecule has 0 amide bonds. The minimum absolute atomic E-state index is 0.0205. The summed E-state index contributed by atoms with van der Waals surface area (Å²) in [7, 11) is 0. The van der Waals surface area contributed by atoms with Crippen LogP contribution in [0.5, 0.6) is 0 Å². The number of nitrogens with one attached hydrogen (secondary N) is 3.